The number of benzene rings is 1. The molecule has 1 aromatic rings. The monoisotopic (exact) mass is 260 g/mol. The molecule has 96 valence electrons. The highest BCUT2D eigenvalue weighted by molar-refractivity contribution is 7.89. The van der Waals surface area contributed by atoms with E-state index in [4.69, 9.17) is 5.73 Å². The second-order valence-corrected chi connectivity index (χ2v) is 6.77. The molecule has 0 unspecified atom stereocenters. The van der Waals surface area contributed by atoms with E-state index in [2.05, 4.69) is 4.72 Å². The van der Waals surface area contributed by atoms with Gasteiger partial charge in [0.25, 0.3) is 0 Å². The summed E-state index contributed by atoms with van der Waals surface area (Å²) in [5.74, 6) is -0.733. The number of sulfonamides is 1. The van der Waals surface area contributed by atoms with Crippen LogP contribution in [-0.4, -0.2) is 15.0 Å². The fourth-order valence-corrected chi connectivity index (χ4v) is 2.56. The van der Waals surface area contributed by atoms with Gasteiger partial charge in [-0.15, -0.1) is 0 Å². The number of hydrogen-bond donors (Lipinski definition) is 2. The second-order valence-electron chi connectivity index (χ2n) is 5.04. The fraction of sp³-hybridized carbons (Fsp3) is 0.455. The summed E-state index contributed by atoms with van der Waals surface area (Å²) in [7, 11) is -3.76. The Bertz CT molecular complexity index is 507. The van der Waals surface area contributed by atoms with Crippen LogP contribution in [0, 0.1) is 11.2 Å². The Balaban J connectivity index is 3.02. The molecule has 0 aliphatic heterocycles. The molecule has 17 heavy (non-hydrogen) atoms. The SMILES string of the molecule is CC(C)(C)CNS(=O)(=O)c1cccc(F)c1N. The molecule has 1 rings (SSSR count). The van der Waals surface area contributed by atoms with E-state index in [0.29, 0.717) is 0 Å². The fourth-order valence-electron chi connectivity index (χ4n) is 1.14. The Kier molecular flexibility index (Phi) is 3.78. The summed E-state index contributed by atoms with van der Waals surface area (Å²) in [6, 6.07) is 3.72. The van der Waals surface area contributed by atoms with Crippen LogP contribution in [0.2, 0.25) is 0 Å². The Morgan fingerprint density at radius 3 is 2.47 bits per heavy atom. The van der Waals surface area contributed by atoms with Crippen LogP contribution in [0.15, 0.2) is 23.1 Å². The van der Waals surface area contributed by atoms with Crippen LogP contribution in [0.4, 0.5) is 10.1 Å². The summed E-state index contributed by atoms with van der Waals surface area (Å²) in [5, 5.41) is 0. The van der Waals surface area contributed by atoms with E-state index in [9.17, 15) is 12.8 Å². The Labute approximate surface area is 101 Å². The highest BCUT2D eigenvalue weighted by atomic mass is 32.2. The van der Waals surface area contributed by atoms with Crippen LogP contribution in [0.5, 0.6) is 0 Å². The highest BCUT2D eigenvalue weighted by Crippen LogP contribution is 2.21. The molecule has 0 amide bonds. The van der Waals surface area contributed by atoms with Gasteiger partial charge in [0, 0.05) is 6.54 Å². The van der Waals surface area contributed by atoms with Crippen LogP contribution >= 0.6 is 0 Å². The molecule has 0 radical (unpaired) electrons. The summed E-state index contributed by atoms with van der Waals surface area (Å²) in [4.78, 5) is -0.221. The number of rotatable bonds is 3. The summed E-state index contributed by atoms with van der Waals surface area (Å²) in [5.41, 5.74) is 4.86. The lowest BCUT2D eigenvalue weighted by atomic mass is 9.98. The largest absolute Gasteiger partial charge is 0.395 e. The minimum Gasteiger partial charge on any atom is -0.395 e. The summed E-state index contributed by atoms with van der Waals surface area (Å²) in [6.07, 6.45) is 0. The zero-order chi connectivity index (χ0) is 13.3. The van der Waals surface area contributed by atoms with Gasteiger partial charge in [-0.2, -0.15) is 0 Å². The topological polar surface area (TPSA) is 72.2 Å². The maximum Gasteiger partial charge on any atom is 0.242 e. The first kappa shape index (κ1) is 13.9. The first-order valence-corrected chi connectivity index (χ1v) is 6.65. The van der Waals surface area contributed by atoms with E-state index in [1.807, 2.05) is 20.8 Å². The number of para-hydroxylation sites is 1. The lowest BCUT2D eigenvalue weighted by Gasteiger charge is -2.19. The minimum absolute atomic E-state index is 0.199. The number of nitrogens with two attached hydrogens (primary N) is 1. The van der Waals surface area contributed by atoms with Gasteiger partial charge in [-0.05, 0) is 17.5 Å². The first-order valence-electron chi connectivity index (χ1n) is 5.17. The molecule has 0 aliphatic rings. The molecular formula is C11H17FN2O2S. The van der Waals surface area contributed by atoms with Crippen molar-refractivity contribution in [2.75, 3.05) is 12.3 Å². The van der Waals surface area contributed by atoms with Gasteiger partial charge in [0.15, 0.2) is 0 Å². The quantitative estimate of drug-likeness (QED) is 0.813. The van der Waals surface area contributed by atoms with Crippen molar-refractivity contribution < 1.29 is 12.8 Å². The van der Waals surface area contributed by atoms with Gasteiger partial charge < -0.3 is 5.73 Å². The smallest absolute Gasteiger partial charge is 0.242 e. The predicted octanol–water partition coefficient (Wildman–Crippen LogP) is 1.73. The third-order valence-electron chi connectivity index (χ3n) is 2.09. The molecule has 0 saturated carbocycles. The van der Waals surface area contributed by atoms with Crippen LogP contribution < -0.4 is 10.5 Å². The van der Waals surface area contributed by atoms with Gasteiger partial charge in [-0.3, -0.25) is 0 Å². The number of anilines is 1. The average molecular weight is 260 g/mol. The number of nitrogens with one attached hydrogen (secondary N) is 1. The maximum atomic E-state index is 13.2. The zero-order valence-electron chi connectivity index (χ0n) is 10.1. The van der Waals surface area contributed by atoms with Crippen molar-refractivity contribution in [3.63, 3.8) is 0 Å². The molecule has 4 nitrogen and oxygen atoms in total. The zero-order valence-corrected chi connectivity index (χ0v) is 10.9. The van der Waals surface area contributed by atoms with E-state index >= 15 is 0 Å². The van der Waals surface area contributed by atoms with Crippen LogP contribution in [-0.2, 0) is 10.0 Å². The summed E-state index contributed by atoms with van der Waals surface area (Å²) >= 11 is 0. The lowest BCUT2D eigenvalue weighted by Crippen LogP contribution is -2.32. The van der Waals surface area contributed by atoms with E-state index in [1.165, 1.54) is 12.1 Å². The van der Waals surface area contributed by atoms with Crippen LogP contribution in [0.1, 0.15) is 20.8 Å². The number of hydrogen-bond acceptors (Lipinski definition) is 3. The van der Waals surface area contributed by atoms with Crippen molar-refractivity contribution in [1.29, 1.82) is 0 Å². The normalized spacial score (nSPS) is 12.7. The first-order chi connectivity index (χ1) is 7.63. The molecule has 3 N–H and O–H groups in total. The molecular weight excluding hydrogens is 243 g/mol. The van der Waals surface area contributed by atoms with Crippen molar-refractivity contribution >= 4 is 15.7 Å². The van der Waals surface area contributed by atoms with E-state index in [1.54, 1.807) is 0 Å². The van der Waals surface area contributed by atoms with Gasteiger partial charge in [-0.25, -0.2) is 17.5 Å². The standard InChI is InChI=1S/C11H17FN2O2S/c1-11(2,3)7-14-17(15,16)9-6-4-5-8(12)10(9)13/h4-6,14H,7,13H2,1-3H3. The van der Waals surface area contributed by atoms with Crippen molar-refractivity contribution in [1.82, 2.24) is 4.72 Å². The van der Waals surface area contributed by atoms with E-state index in [0.717, 1.165) is 6.07 Å². The molecule has 0 bridgehead atoms. The molecule has 0 aliphatic carbocycles. The van der Waals surface area contributed by atoms with Gasteiger partial charge in [0.1, 0.15) is 10.7 Å². The Morgan fingerprint density at radius 1 is 1.35 bits per heavy atom. The second kappa shape index (κ2) is 4.62. The molecule has 1 aromatic carbocycles. The third-order valence-corrected chi connectivity index (χ3v) is 3.55. The Hall–Kier alpha value is -1.14. The third kappa shape index (κ3) is 3.67. The maximum absolute atomic E-state index is 13.2. The van der Waals surface area contributed by atoms with Crippen molar-refractivity contribution in [3.05, 3.63) is 24.0 Å². The van der Waals surface area contributed by atoms with Crippen LogP contribution in [0.25, 0.3) is 0 Å². The molecule has 0 fully saturated rings. The summed E-state index contributed by atoms with van der Waals surface area (Å²) in [6.45, 7) is 5.94. The Morgan fingerprint density at radius 2 is 1.94 bits per heavy atom. The molecule has 0 spiro atoms. The predicted molar refractivity (Wildman–Crippen MR) is 65.5 cm³/mol. The van der Waals surface area contributed by atoms with Crippen molar-refractivity contribution in [2.45, 2.75) is 25.7 Å². The summed E-state index contributed by atoms with van der Waals surface area (Å²) < 4.78 is 39.4. The number of nitrogen functional groups attached to an aromatic ring is 1. The van der Waals surface area contributed by atoms with Gasteiger partial charge in [0.05, 0.1) is 5.69 Å². The van der Waals surface area contributed by atoms with Gasteiger partial charge in [-0.1, -0.05) is 26.8 Å². The molecule has 0 atom stereocenters. The van der Waals surface area contributed by atoms with Crippen LogP contribution in [0.3, 0.4) is 0 Å². The molecule has 6 heteroatoms. The van der Waals surface area contributed by atoms with Crippen molar-refractivity contribution in [2.24, 2.45) is 5.41 Å². The molecule has 0 saturated heterocycles. The molecule has 0 aromatic heterocycles. The van der Waals surface area contributed by atoms with Crippen molar-refractivity contribution in [3.8, 4) is 0 Å². The van der Waals surface area contributed by atoms with E-state index < -0.39 is 15.8 Å². The van der Waals surface area contributed by atoms with Gasteiger partial charge >= 0.3 is 0 Å². The molecule has 0 heterocycles. The highest BCUT2D eigenvalue weighted by Gasteiger charge is 2.21. The van der Waals surface area contributed by atoms with E-state index in [-0.39, 0.29) is 22.5 Å². The number of halogens is 1. The minimum atomic E-state index is -3.76. The van der Waals surface area contributed by atoms with Gasteiger partial charge in [0.2, 0.25) is 10.0 Å². The average Bonchev–Trinajstić information content (AvgIpc) is 2.18. The lowest BCUT2D eigenvalue weighted by molar-refractivity contribution is 0.407.